The summed E-state index contributed by atoms with van der Waals surface area (Å²) >= 11 is 0. The second-order valence-corrected chi connectivity index (χ2v) is 8.21. The number of carbonyl (C=O) groups excluding carboxylic acids is 2. The molecule has 1 aliphatic carbocycles. The molecule has 1 rings (SSSR count). The van der Waals surface area contributed by atoms with Crippen LogP contribution < -0.4 is 0 Å². The number of esters is 2. The van der Waals surface area contributed by atoms with Crippen molar-refractivity contribution in [1.82, 2.24) is 0 Å². The summed E-state index contributed by atoms with van der Waals surface area (Å²) in [6, 6.07) is 0. The summed E-state index contributed by atoms with van der Waals surface area (Å²) in [5.41, 5.74) is 4.75. The van der Waals surface area contributed by atoms with Crippen LogP contribution in [0.4, 0.5) is 0 Å². The van der Waals surface area contributed by atoms with Gasteiger partial charge in [-0.05, 0) is 63.5 Å². The highest BCUT2D eigenvalue weighted by molar-refractivity contribution is 5.83. The Morgan fingerprint density at radius 1 is 1.21 bits per heavy atom. The lowest BCUT2D eigenvalue weighted by molar-refractivity contribution is -0.144. The minimum Gasteiger partial charge on any atom is -0.463 e. The van der Waals surface area contributed by atoms with Crippen molar-refractivity contribution in [3.05, 3.63) is 46.6 Å². The zero-order valence-electron chi connectivity index (χ0n) is 18.6. The molecule has 0 bridgehead atoms. The summed E-state index contributed by atoms with van der Waals surface area (Å²) in [6.45, 7) is 14.2. The van der Waals surface area contributed by atoms with Gasteiger partial charge in [0.25, 0.3) is 0 Å². The number of rotatable bonds is 8. The topological polar surface area (TPSA) is 52.6 Å². The molecule has 156 valence electrons. The lowest BCUT2D eigenvalue weighted by atomic mass is 9.70. The van der Waals surface area contributed by atoms with E-state index in [-0.39, 0.29) is 23.5 Å². The zero-order chi connectivity index (χ0) is 21.3. The molecule has 1 aliphatic rings. The maximum Gasteiger partial charge on any atom is 0.330 e. The van der Waals surface area contributed by atoms with Crippen molar-refractivity contribution in [3.8, 4) is 0 Å². The number of allylic oxidation sites excluding steroid dienone is 5. The monoisotopic (exact) mass is 388 g/mol. The third-order valence-electron chi connectivity index (χ3n) is 5.24. The summed E-state index contributed by atoms with van der Waals surface area (Å²) in [7, 11) is 0. The van der Waals surface area contributed by atoms with E-state index in [0.29, 0.717) is 6.61 Å². The predicted octanol–water partition coefficient (Wildman–Crippen LogP) is 5.85. The fraction of sp³-hybridized carbons (Fsp3) is 0.583. The highest BCUT2D eigenvalue weighted by atomic mass is 16.5. The van der Waals surface area contributed by atoms with E-state index in [4.69, 9.17) is 9.47 Å². The van der Waals surface area contributed by atoms with Crippen molar-refractivity contribution in [2.24, 2.45) is 5.41 Å². The molecule has 0 spiro atoms. The molecule has 0 aromatic rings. The van der Waals surface area contributed by atoms with Crippen LogP contribution in [-0.4, -0.2) is 24.6 Å². The third-order valence-corrected chi connectivity index (χ3v) is 5.24. The van der Waals surface area contributed by atoms with E-state index < -0.39 is 0 Å². The number of hydrogen-bond donors (Lipinski definition) is 0. The maximum absolute atomic E-state index is 11.7. The minimum absolute atomic E-state index is 0.135. The predicted molar refractivity (Wildman–Crippen MR) is 114 cm³/mol. The molecule has 0 saturated heterocycles. The molecule has 1 unspecified atom stereocenters. The van der Waals surface area contributed by atoms with E-state index >= 15 is 0 Å². The van der Waals surface area contributed by atoms with Gasteiger partial charge in [0.1, 0.15) is 6.10 Å². The minimum atomic E-state index is -0.343. The molecule has 1 atom stereocenters. The SMILES string of the molecule is CCOC(=O)C=C(C)/C=C/C=C(\C)C(CC1=C(C)CCCC1(C)C)OC(C)=O. The number of hydrogen-bond acceptors (Lipinski definition) is 4. The summed E-state index contributed by atoms with van der Waals surface area (Å²) < 4.78 is 10.6. The van der Waals surface area contributed by atoms with Crippen molar-refractivity contribution < 1.29 is 19.1 Å². The lowest BCUT2D eigenvalue weighted by Gasteiger charge is -2.36. The third kappa shape index (κ3) is 7.87. The van der Waals surface area contributed by atoms with Gasteiger partial charge in [-0.25, -0.2) is 4.79 Å². The van der Waals surface area contributed by atoms with Gasteiger partial charge < -0.3 is 9.47 Å². The van der Waals surface area contributed by atoms with Gasteiger partial charge in [0.15, 0.2) is 0 Å². The van der Waals surface area contributed by atoms with Crippen molar-refractivity contribution in [1.29, 1.82) is 0 Å². The fourth-order valence-corrected chi connectivity index (χ4v) is 3.68. The van der Waals surface area contributed by atoms with Crippen LogP contribution in [0, 0.1) is 5.41 Å². The van der Waals surface area contributed by atoms with Gasteiger partial charge >= 0.3 is 11.9 Å². The first-order valence-corrected chi connectivity index (χ1v) is 10.1. The Balaban J connectivity index is 2.97. The summed E-state index contributed by atoms with van der Waals surface area (Å²) in [5, 5.41) is 0. The second-order valence-electron chi connectivity index (χ2n) is 8.21. The van der Waals surface area contributed by atoms with Crippen LogP contribution in [-0.2, 0) is 19.1 Å². The van der Waals surface area contributed by atoms with Gasteiger partial charge in [-0.3, -0.25) is 4.79 Å². The highest BCUT2D eigenvalue weighted by Crippen LogP contribution is 2.43. The van der Waals surface area contributed by atoms with Gasteiger partial charge in [-0.1, -0.05) is 43.2 Å². The summed E-state index contributed by atoms with van der Waals surface area (Å²) in [5.74, 6) is -0.614. The molecule has 4 heteroatoms. The van der Waals surface area contributed by atoms with E-state index in [0.717, 1.165) is 30.4 Å². The zero-order valence-corrected chi connectivity index (χ0v) is 18.6. The smallest absolute Gasteiger partial charge is 0.330 e. The summed E-state index contributed by atoms with van der Waals surface area (Å²) in [4.78, 5) is 23.1. The first kappa shape index (κ1) is 23.9. The van der Waals surface area contributed by atoms with Gasteiger partial charge in [-0.2, -0.15) is 0 Å². The average molecular weight is 389 g/mol. The lowest BCUT2D eigenvalue weighted by Crippen LogP contribution is -2.26. The molecule has 4 nitrogen and oxygen atoms in total. The first-order valence-electron chi connectivity index (χ1n) is 10.1. The second kappa shape index (κ2) is 11.0. The molecule has 0 N–H and O–H groups in total. The van der Waals surface area contributed by atoms with Gasteiger partial charge in [-0.15, -0.1) is 0 Å². The molecule has 0 aromatic heterocycles. The van der Waals surface area contributed by atoms with Crippen LogP contribution in [0.5, 0.6) is 0 Å². The van der Waals surface area contributed by atoms with Crippen molar-refractivity contribution in [2.45, 2.75) is 80.3 Å². The van der Waals surface area contributed by atoms with Crippen molar-refractivity contribution in [2.75, 3.05) is 6.61 Å². The Morgan fingerprint density at radius 2 is 1.89 bits per heavy atom. The van der Waals surface area contributed by atoms with Crippen LogP contribution in [0.3, 0.4) is 0 Å². The quantitative estimate of drug-likeness (QED) is 0.227. The van der Waals surface area contributed by atoms with Crippen molar-refractivity contribution >= 4 is 11.9 Å². The van der Waals surface area contributed by atoms with Crippen LogP contribution in [0.15, 0.2) is 46.6 Å². The molecule has 0 saturated carbocycles. The van der Waals surface area contributed by atoms with Crippen LogP contribution in [0.2, 0.25) is 0 Å². The van der Waals surface area contributed by atoms with Gasteiger partial charge in [0.05, 0.1) is 6.61 Å². The molecule has 0 fully saturated rings. The molecule has 0 amide bonds. The van der Waals surface area contributed by atoms with E-state index in [1.165, 1.54) is 30.6 Å². The average Bonchev–Trinajstić information content (AvgIpc) is 2.56. The van der Waals surface area contributed by atoms with E-state index in [2.05, 4.69) is 20.8 Å². The van der Waals surface area contributed by atoms with E-state index in [1.807, 2.05) is 32.1 Å². The number of ether oxygens (including phenoxy) is 2. The fourth-order valence-electron chi connectivity index (χ4n) is 3.68. The van der Waals surface area contributed by atoms with Crippen LogP contribution >= 0.6 is 0 Å². The Hall–Kier alpha value is -2.10. The Labute approximate surface area is 170 Å². The van der Waals surface area contributed by atoms with Gasteiger partial charge in [0, 0.05) is 19.4 Å². The van der Waals surface area contributed by atoms with Crippen molar-refractivity contribution in [3.63, 3.8) is 0 Å². The van der Waals surface area contributed by atoms with Crippen LogP contribution in [0.25, 0.3) is 0 Å². The molecular formula is C24H36O4. The molecule has 0 radical (unpaired) electrons. The van der Waals surface area contributed by atoms with Crippen LogP contribution in [0.1, 0.15) is 74.1 Å². The molecule has 0 aromatic carbocycles. The molecule has 28 heavy (non-hydrogen) atoms. The summed E-state index contributed by atoms with van der Waals surface area (Å²) in [6.07, 6.45) is 11.1. The standard InChI is InChI=1S/C24H36O4/c1-8-27-23(26)15-17(2)11-9-12-19(4)22(28-20(5)25)16-21-18(3)13-10-14-24(21,6)7/h9,11-12,15,22H,8,10,13-14,16H2,1-7H3/b11-9+,17-15?,19-12+. The molecule has 0 aliphatic heterocycles. The van der Waals surface area contributed by atoms with E-state index in [1.54, 1.807) is 6.92 Å². The largest absolute Gasteiger partial charge is 0.463 e. The van der Waals surface area contributed by atoms with E-state index in [9.17, 15) is 9.59 Å². The molecule has 0 heterocycles. The molecular weight excluding hydrogens is 352 g/mol. The normalized spacial score (nSPS) is 19.0. The Kier molecular flexibility index (Phi) is 9.44. The van der Waals surface area contributed by atoms with Gasteiger partial charge in [0.2, 0.25) is 0 Å². The Morgan fingerprint density at radius 3 is 2.46 bits per heavy atom. The Bertz CT molecular complexity index is 689. The number of carbonyl (C=O) groups is 2. The maximum atomic E-state index is 11.7. The first-order chi connectivity index (χ1) is 13.1. The highest BCUT2D eigenvalue weighted by Gasteiger charge is 2.31.